The lowest BCUT2D eigenvalue weighted by molar-refractivity contribution is 0.416. The summed E-state index contributed by atoms with van der Waals surface area (Å²) in [6, 6.07) is 10.1. The molecule has 0 bridgehead atoms. The van der Waals surface area contributed by atoms with Gasteiger partial charge in [-0.25, -0.2) is 4.98 Å². The molecular formula is C27H31BrN4O. The highest BCUT2D eigenvalue weighted by atomic mass is 79.9. The molecule has 2 heterocycles. The zero-order chi connectivity index (χ0) is 22.9. The Kier molecular flexibility index (Phi) is 6.37. The van der Waals surface area contributed by atoms with E-state index in [1.54, 1.807) is 4.68 Å². The van der Waals surface area contributed by atoms with E-state index in [0.29, 0.717) is 5.39 Å². The Bertz CT molecular complexity index is 1270. The second kappa shape index (κ2) is 9.41. The van der Waals surface area contributed by atoms with Crippen LogP contribution in [0.5, 0.6) is 0 Å². The molecule has 0 spiro atoms. The molecule has 1 saturated carbocycles. The van der Waals surface area contributed by atoms with Crippen LogP contribution in [0.3, 0.4) is 0 Å². The molecule has 172 valence electrons. The first-order valence-electron chi connectivity index (χ1n) is 12.1. The summed E-state index contributed by atoms with van der Waals surface area (Å²) in [5.74, 6) is 1.07. The van der Waals surface area contributed by atoms with E-state index >= 15 is 0 Å². The average molecular weight is 507 g/mol. The molecule has 0 radical (unpaired) electrons. The molecule has 1 aliphatic heterocycles. The second-order valence-electron chi connectivity index (χ2n) is 9.45. The van der Waals surface area contributed by atoms with Gasteiger partial charge in [0, 0.05) is 29.2 Å². The van der Waals surface area contributed by atoms with Crippen LogP contribution in [0.25, 0.3) is 10.9 Å². The average Bonchev–Trinajstić information content (AvgIpc) is 3.36. The number of nitrogens with zero attached hydrogens (tertiary/aromatic N) is 4. The van der Waals surface area contributed by atoms with Gasteiger partial charge in [-0.15, -0.1) is 0 Å². The number of hydrogen-bond acceptors (Lipinski definition) is 4. The van der Waals surface area contributed by atoms with Crippen molar-refractivity contribution in [1.29, 1.82) is 0 Å². The summed E-state index contributed by atoms with van der Waals surface area (Å²) in [5.41, 5.74) is 5.53. The topological polar surface area (TPSA) is 50.5 Å². The van der Waals surface area contributed by atoms with E-state index in [1.807, 2.05) is 24.4 Å². The summed E-state index contributed by atoms with van der Waals surface area (Å²) in [6.45, 7) is 6.60. The van der Waals surface area contributed by atoms with Crippen LogP contribution in [0.2, 0.25) is 0 Å². The van der Waals surface area contributed by atoms with Gasteiger partial charge in [0.15, 0.2) is 0 Å². The summed E-state index contributed by atoms with van der Waals surface area (Å²) < 4.78 is 2.44. The monoisotopic (exact) mass is 506 g/mol. The molecular weight excluding hydrogens is 476 g/mol. The zero-order valence-electron chi connectivity index (χ0n) is 19.5. The van der Waals surface area contributed by atoms with Crippen LogP contribution < -0.4 is 10.5 Å². The molecule has 0 amide bonds. The summed E-state index contributed by atoms with van der Waals surface area (Å²) in [4.78, 5) is 20.9. The highest BCUT2D eigenvalue weighted by molar-refractivity contribution is 9.10. The molecule has 5 nitrogen and oxygen atoms in total. The molecule has 1 saturated heterocycles. The molecule has 0 atom stereocenters. The van der Waals surface area contributed by atoms with Crippen molar-refractivity contribution in [3.63, 3.8) is 0 Å². The molecule has 2 aromatic carbocycles. The minimum atomic E-state index is -0.0961. The van der Waals surface area contributed by atoms with Crippen LogP contribution >= 0.6 is 15.9 Å². The van der Waals surface area contributed by atoms with Crippen molar-refractivity contribution in [3.05, 3.63) is 67.7 Å². The molecule has 2 fully saturated rings. The van der Waals surface area contributed by atoms with Crippen LogP contribution in [0.1, 0.15) is 73.4 Å². The predicted octanol–water partition coefficient (Wildman–Crippen LogP) is 6.31. The van der Waals surface area contributed by atoms with Crippen LogP contribution in [0.15, 0.2) is 44.7 Å². The van der Waals surface area contributed by atoms with Crippen molar-refractivity contribution in [2.24, 2.45) is 5.10 Å². The quantitative estimate of drug-likeness (QED) is 0.389. The molecule has 1 aromatic heterocycles. The Hall–Kier alpha value is -2.47. The Morgan fingerprint density at radius 3 is 2.52 bits per heavy atom. The molecule has 0 N–H and O–H groups in total. The number of hydrogen-bond donors (Lipinski definition) is 0. The standard InChI is InChI=1S/C27H31BrN4O/c1-18-19(2)25(31-14-6-7-15-31)13-10-21(18)17-29-32-26(20-8-4-3-5-9-20)30-24-12-11-22(28)16-23(24)27(32)33/h10-13,16-17,20H,3-9,14-15H2,1-2H3. The fourth-order valence-electron chi connectivity index (χ4n) is 5.29. The van der Waals surface area contributed by atoms with Gasteiger partial charge in [-0.1, -0.05) is 41.3 Å². The van der Waals surface area contributed by atoms with Gasteiger partial charge < -0.3 is 4.90 Å². The summed E-state index contributed by atoms with van der Waals surface area (Å²) >= 11 is 3.50. The van der Waals surface area contributed by atoms with Crippen molar-refractivity contribution in [2.75, 3.05) is 18.0 Å². The second-order valence-corrected chi connectivity index (χ2v) is 10.4. The molecule has 6 heteroatoms. The first kappa shape index (κ1) is 22.3. The lowest BCUT2D eigenvalue weighted by Crippen LogP contribution is -2.25. The van der Waals surface area contributed by atoms with Crippen LogP contribution in [-0.2, 0) is 0 Å². The lowest BCUT2D eigenvalue weighted by Gasteiger charge is -2.23. The van der Waals surface area contributed by atoms with Gasteiger partial charge in [-0.05, 0) is 80.5 Å². The number of benzene rings is 2. The molecule has 33 heavy (non-hydrogen) atoms. The Morgan fingerprint density at radius 1 is 1.00 bits per heavy atom. The molecule has 5 rings (SSSR count). The number of fused-ring (bicyclic) bond motifs is 1. The first-order chi connectivity index (χ1) is 16.0. The van der Waals surface area contributed by atoms with Crippen LogP contribution in [0, 0.1) is 13.8 Å². The molecule has 2 aliphatic rings. The normalized spacial score (nSPS) is 17.5. The first-order valence-corrected chi connectivity index (χ1v) is 12.9. The van der Waals surface area contributed by atoms with Gasteiger partial charge in [0.2, 0.25) is 0 Å². The van der Waals surface area contributed by atoms with Crippen molar-refractivity contribution in [2.45, 2.75) is 64.7 Å². The van der Waals surface area contributed by atoms with Crippen LogP contribution in [0.4, 0.5) is 5.69 Å². The maximum Gasteiger partial charge on any atom is 0.282 e. The largest absolute Gasteiger partial charge is 0.371 e. The minimum Gasteiger partial charge on any atom is -0.371 e. The minimum absolute atomic E-state index is 0.0961. The molecule has 1 aliphatic carbocycles. The summed E-state index contributed by atoms with van der Waals surface area (Å²) in [5, 5.41) is 5.34. The third kappa shape index (κ3) is 4.37. The van der Waals surface area contributed by atoms with E-state index in [2.05, 4.69) is 46.8 Å². The van der Waals surface area contributed by atoms with E-state index in [-0.39, 0.29) is 11.5 Å². The van der Waals surface area contributed by atoms with E-state index < -0.39 is 0 Å². The smallest absolute Gasteiger partial charge is 0.282 e. The van der Waals surface area contributed by atoms with E-state index in [9.17, 15) is 4.79 Å². The number of anilines is 1. The van der Waals surface area contributed by atoms with E-state index in [4.69, 9.17) is 10.1 Å². The summed E-state index contributed by atoms with van der Waals surface area (Å²) in [6.07, 6.45) is 10.1. The van der Waals surface area contributed by atoms with Crippen molar-refractivity contribution in [1.82, 2.24) is 9.66 Å². The highest BCUT2D eigenvalue weighted by Crippen LogP contribution is 2.32. The Labute approximate surface area is 203 Å². The van der Waals surface area contributed by atoms with Crippen molar-refractivity contribution >= 4 is 38.7 Å². The van der Waals surface area contributed by atoms with Gasteiger partial charge in [0.25, 0.3) is 5.56 Å². The van der Waals surface area contributed by atoms with E-state index in [1.165, 1.54) is 48.9 Å². The SMILES string of the molecule is Cc1c(C=Nn2c(C3CCCCC3)nc3ccc(Br)cc3c2=O)ccc(N2CCCC2)c1C. The number of aromatic nitrogens is 2. The Balaban J connectivity index is 1.58. The summed E-state index contributed by atoms with van der Waals surface area (Å²) in [7, 11) is 0. The van der Waals surface area contributed by atoms with Gasteiger partial charge in [-0.3, -0.25) is 4.79 Å². The van der Waals surface area contributed by atoms with Crippen molar-refractivity contribution < 1.29 is 0 Å². The van der Waals surface area contributed by atoms with Crippen molar-refractivity contribution in [3.8, 4) is 0 Å². The lowest BCUT2D eigenvalue weighted by atomic mass is 9.88. The Morgan fingerprint density at radius 2 is 1.76 bits per heavy atom. The highest BCUT2D eigenvalue weighted by Gasteiger charge is 2.23. The number of rotatable bonds is 4. The van der Waals surface area contributed by atoms with Crippen LogP contribution in [-0.4, -0.2) is 29.0 Å². The number of halogens is 1. The van der Waals surface area contributed by atoms with E-state index in [0.717, 1.165) is 47.3 Å². The fraction of sp³-hybridized carbons (Fsp3) is 0.444. The fourth-order valence-corrected chi connectivity index (χ4v) is 5.65. The third-order valence-corrected chi connectivity index (χ3v) is 7.86. The molecule has 3 aromatic rings. The predicted molar refractivity (Wildman–Crippen MR) is 140 cm³/mol. The molecule has 0 unspecified atom stereocenters. The van der Waals surface area contributed by atoms with Gasteiger partial charge in [-0.2, -0.15) is 9.78 Å². The third-order valence-electron chi connectivity index (χ3n) is 7.36. The van der Waals surface area contributed by atoms with Gasteiger partial charge in [0.1, 0.15) is 5.82 Å². The maximum absolute atomic E-state index is 13.5. The zero-order valence-corrected chi connectivity index (χ0v) is 21.1. The van der Waals surface area contributed by atoms with Gasteiger partial charge >= 0.3 is 0 Å². The van der Waals surface area contributed by atoms with Gasteiger partial charge in [0.05, 0.1) is 17.1 Å². The maximum atomic E-state index is 13.5.